The summed E-state index contributed by atoms with van der Waals surface area (Å²) in [6, 6.07) is 20.3. The van der Waals surface area contributed by atoms with Crippen LogP contribution in [0.5, 0.6) is 0 Å². The van der Waals surface area contributed by atoms with Gasteiger partial charge in [-0.3, -0.25) is 14.4 Å². The first-order chi connectivity index (χ1) is 24.8. The summed E-state index contributed by atoms with van der Waals surface area (Å²) in [5.74, 6) is 0.264. The average molecular weight is 694 g/mol. The number of aromatic nitrogens is 4. The van der Waals surface area contributed by atoms with E-state index in [1.54, 1.807) is 24.3 Å². The number of rotatable bonds is 16. The average Bonchev–Trinajstić information content (AvgIpc) is 3.72. The van der Waals surface area contributed by atoms with Gasteiger partial charge in [-0.2, -0.15) is 5.21 Å². The fraction of sp³-hybridized carbons (Fsp3) is 0.436. The van der Waals surface area contributed by atoms with Crippen LogP contribution in [0.15, 0.2) is 66.7 Å². The number of tetrazole rings is 1. The normalized spacial score (nSPS) is 16.4. The molecule has 1 saturated carbocycles. The molecule has 1 heterocycles. The maximum absolute atomic E-state index is 13.7. The first kappa shape index (κ1) is 37.3. The molecule has 1 aromatic heterocycles. The van der Waals surface area contributed by atoms with Crippen LogP contribution in [0.1, 0.15) is 67.9 Å². The molecule has 0 bridgehead atoms. The number of carbonyl (C=O) groups is 3. The minimum Gasteiger partial charge on any atom is -0.351 e. The number of aryl methyl sites for hydroxylation is 1. The van der Waals surface area contributed by atoms with Crippen LogP contribution in [0, 0.1) is 11.8 Å². The van der Waals surface area contributed by atoms with E-state index in [2.05, 4.69) is 62.2 Å². The lowest BCUT2D eigenvalue weighted by atomic mass is 9.81. The van der Waals surface area contributed by atoms with Crippen molar-refractivity contribution < 1.29 is 14.4 Å². The molecule has 0 unspecified atom stereocenters. The Morgan fingerprint density at radius 1 is 0.922 bits per heavy atom. The van der Waals surface area contributed by atoms with Crippen LogP contribution in [-0.2, 0) is 22.4 Å². The molecular formula is C39H51N9O3. The van der Waals surface area contributed by atoms with Crippen molar-refractivity contribution in [3.8, 4) is 22.5 Å². The molecule has 0 radical (unpaired) electrons. The monoisotopic (exact) mass is 693 g/mol. The summed E-state index contributed by atoms with van der Waals surface area (Å²) in [5.41, 5.74) is 11.9. The summed E-state index contributed by atoms with van der Waals surface area (Å²) in [7, 11) is 0. The zero-order valence-corrected chi connectivity index (χ0v) is 30.0. The second-order valence-corrected chi connectivity index (χ2v) is 13.2. The van der Waals surface area contributed by atoms with Crippen molar-refractivity contribution in [2.75, 3.05) is 38.0 Å². The molecule has 1 atom stereocenters. The second-order valence-electron chi connectivity index (χ2n) is 13.2. The van der Waals surface area contributed by atoms with Crippen LogP contribution in [0.25, 0.3) is 22.5 Å². The van der Waals surface area contributed by atoms with Gasteiger partial charge in [-0.1, -0.05) is 51.1 Å². The summed E-state index contributed by atoms with van der Waals surface area (Å²) >= 11 is 0. The van der Waals surface area contributed by atoms with Crippen molar-refractivity contribution in [2.24, 2.45) is 17.6 Å². The van der Waals surface area contributed by atoms with Gasteiger partial charge in [0.05, 0.1) is 0 Å². The highest BCUT2D eigenvalue weighted by molar-refractivity contribution is 5.98. The number of aromatic amines is 1. The number of hydrogen-bond donors (Lipinski definition) is 5. The number of nitrogens with two attached hydrogens (primary N) is 1. The lowest BCUT2D eigenvalue weighted by molar-refractivity contribution is -0.130. The number of nitrogens with zero attached hydrogens (tertiary/aromatic N) is 4. The molecule has 1 aliphatic rings. The lowest BCUT2D eigenvalue weighted by Crippen LogP contribution is -2.48. The van der Waals surface area contributed by atoms with Gasteiger partial charge in [-0.05, 0) is 122 Å². The maximum Gasteiger partial charge on any atom is 0.251 e. The minimum absolute atomic E-state index is 0.0896. The van der Waals surface area contributed by atoms with Gasteiger partial charge < -0.3 is 26.6 Å². The third-order valence-corrected chi connectivity index (χ3v) is 10.0. The van der Waals surface area contributed by atoms with Gasteiger partial charge in [0.25, 0.3) is 5.91 Å². The van der Waals surface area contributed by atoms with Crippen LogP contribution in [0.3, 0.4) is 0 Å². The van der Waals surface area contributed by atoms with E-state index in [1.807, 2.05) is 42.5 Å². The summed E-state index contributed by atoms with van der Waals surface area (Å²) in [6.07, 6.45) is 4.49. The van der Waals surface area contributed by atoms with E-state index in [1.165, 1.54) is 0 Å². The molecular weight excluding hydrogens is 642 g/mol. The van der Waals surface area contributed by atoms with Crippen LogP contribution in [0.2, 0.25) is 0 Å². The number of anilines is 1. The predicted molar refractivity (Wildman–Crippen MR) is 200 cm³/mol. The highest BCUT2D eigenvalue weighted by atomic mass is 16.2. The van der Waals surface area contributed by atoms with Crippen LogP contribution >= 0.6 is 0 Å². The Balaban J connectivity index is 1.30. The van der Waals surface area contributed by atoms with Gasteiger partial charge >= 0.3 is 0 Å². The Bertz CT molecular complexity index is 1710. The number of H-pyrrole nitrogens is 1. The van der Waals surface area contributed by atoms with Gasteiger partial charge in [-0.15, -0.1) is 10.2 Å². The van der Waals surface area contributed by atoms with Crippen molar-refractivity contribution in [1.82, 2.24) is 36.2 Å². The minimum atomic E-state index is -0.790. The van der Waals surface area contributed by atoms with Gasteiger partial charge in [0.1, 0.15) is 6.04 Å². The van der Waals surface area contributed by atoms with Crippen LogP contribution in [0.4, 0.5) is 5.69 Å². The Morgan fingerprint density at radius 3 is 2.25 bits per heavy atom. The molecule has 3 amide bonds. The molecule has 0 aliphatic heterocycles. The second kappa shape index (κ2) is 18.3. The molecule has 12 nitrogen and oxygen atoms in total. The number of hydrogen-bond acceptors (Lipinski definition) is 8. The summed E-state index contributed by atoms with van der Waals surface area (Å²) < 4.78 is 0. The molecule has 0 saturated heterocycles. The van der Waals surface area contributed by atoms with Crippen LogP contribution in [-0.4, -0.2) is 82.0 Å². The van der Waals surface area contributed by atoms with Crippen molar-refractivity contribution >= 4 is 23.4 Å². The quantitative estimate of drug-likeness (QED) is 0.113. The third kappa shape index (κ3) is 10.1. The molecule has 1 fully saturated rings. The van der Waals surface area contributed by atoms with Crippen molar-refractivity contribution in [1.29, 1.82) is 0 Å². The van der Waals surface area contributed by atoms with Crippen molar-refractivity contribution in [3.05, 3.63) is 83.4 Å². The van der Waals surface area contributed by atoms with E-state index in [0.29, 0.717) is 42.5 Å². The number of nitrogens with one attached hydrogen (secondary N) is 4. The molecule has 0 spiro atoms. The van der Waals surface area contributed by atoms with Gasteiger partial charge in [0.2, 0.25) is 17.6 Å². The standard InChI is InChI=1S/C39H51N9O3/c1-4-28-15-16-32(37(49)41-21-22-48(5-2)6-3)24-34(28)29-11-7-26(8-12-29)23-35(43-38(50)31-13-9-27(25-40)10-14-31)39(51)42-33-19-17-30(18-20-33)36-44-46-47-45-36/h7-8,11-12,15-20,24,27,31,35H,4-6,9-10,13-14,21-23,25,40H2,1-3H3,(H,41,49)(H,42,51)(H,43,50)(H,44,45,46,47)/t27?,31?,35-/m0/s1. The molecule has 5 rings (SSSR count). The summed E-state index contributed by atoms with van der Waals surface area (Å²) in [5, 5.41) is 23.1. The number of carbonyl (C=O) groups excluding carboxylic acids is 3. The molecule has 51 heavy (non-hydrogen) atoms. The van der Waals surface area contributed by atoms with Crippen molar-refractivity contribution in [3.63, 3.8) is 0 Å². The van der Waals surface area contributed by atoms with Gasteiger partial charge in [0.15, 0.2) is 0 Å². The Labute approximate surface area is 300 Å². The highest BCUT2D eigenvalue weighted by Crippen LogP contribution is 2.29. The number of benzene rings is 3. The first-order valence-electron chi connectivity index (χ1n) is 18.2. The zero-order chi connectivity index (χ0) is 36.2. The van der Waals surface area contributed by atoms with Gasteiger partial charge in [0, 0.05) is 42.2 Å². The predicted octanol–water partition coefficient (Wildman–Crippen LogP) is 4.60. The van der Waals surface area contributed by atoms with Gasteiger partial charge in [-0.25, -0.2) is 0 Å². The summed E-state index contributed by atoms with van der Waals surface area (Å²) in [4.78, 5) is 42.5. The molecule has 3 aromatic carbocycles. The topological polar surface area (TPSA) is 171 Å². The highest BCUT2D eigenvalue weighted by Gasteiger charge is 2.29. The fourth-order valence-electron chi connectivity index (χ4n) is 6.70. The SMILES string of the molecule is CCc1ccc(C(=O)NCCN(CC)CC)cc1-c1ccc(C[C@H](NC(=O)C2CCC(CN)CC2)C(=O)Nc2ccc(-c3nn[nH]n3)cc2)cc1. The van der Waals surface area contributed by atoms with Crippen LogP contribution < -0.4 is 21.7 Å². The molecule has 6 N–H and O–H groups in total. The third-order valence-electron chi connectivity index (χ3n) is 10.0. The maximum atomic E-state index is 13.7. The Morgan fingerprint density at radius 2 is 1.63 bits per heavy atom. The van der Waals surface area contributed by atoms with E-state index >= 15 is 0 Å². The first-order valence-corrected chi connectivity index (χ1v) is 18.2. The van der Waals surface area contributed by atoms with E-state index in [4.69, 9.17) is 5.73 Å². The smallest absolute Gasteiger partial charge is 0.251 e. The Hall–Kier alpha value is -4.94. The van der Waals surface area contributed by atoms with E-state index in [-0.39, 0.29) is 23.6 Å². The number of amides is 3. The van der Waals surface area contributed by atoms with E-state index in [9.17, 15) is 14.4 Å². The fourth-order valence-corrected chi connectivity index (χ4v) is 6.70. The largest absolute Gasteiger partial charge is 0.351 e. The lowest BCUT2D eigenvalue weighted by Gasteiger charge is -2.28. The number of likely N-dealkylation sites (N-methyl/N-ethyl adjacent to an activating group) is 1. The van der Waals surface area contributed by atoms with E-state index < -0.39 is 6.04 Å². The molecule has 12 heteroatoms. The molecule has 1 aliphatic carbocycles. The van der Waals surface area contributed by atoms with Crippen molar-refractivity contribution in [2.45, 2.75) is 65.3 Å². The molecule has 4 aromatic rings. The Kier molecular flexibility index (Phi) is 13.4. The summed E-state index contributed by atoms with van der Waals surface area (Å²) in [6.45, 7) is 10.3. The molecule has 270 valence electrons. The van der Waals surface area contributed by atoms with E-state index in [0.717, 1.165) is 79.6 Å². The zero-order valence-electron chi connectivity index (χ0n) is 30.0.